The first kappa shape index (κ1) is 9.71. The number of hydrogen-bond donors (Lipinski definition) is 1. The SMILES string of the molecule is Cc1cccc(-c2ccc[nH]c2=O)c1C. The van der Waals surface area contributed by atoms with Crippen LogP contribution in [0.15, 0.2) is 41.3 Å². The average Bonchev–Trinajstić information content (AvgIpc) is 2.23. The fourth-order valence-electron chi connectivity index (χ4n) is 1.68. The minimum Gasteiger partial charge on any atom is -0.329 e. The van der Waals surface area contributed by atoms with E-state index in [-0.39, 0.29) is 5.56 Å². The van der Waals surface area contributed by atoms with E-state index >= 15 is 0 Å². The van der Waals surface area contributed by atoms with Gasteiger partial charge in [-0.15, -0.1) is 0 Å². The summed E-state index contributed by atoms with van der Waals surface area (Å²) < 4.78 is 0. The number of pyridine rings is 1. The van der Waals surface area contributed by atoms with Crippen molar-refractivity contribution in [1.29, 1.82) is 0 Å². The lowest BCUT2D eigenvalue weighted by Gasteiger charge is -2.07. The van der Waals surface area contributed by atoms with Crippen LogP contribution in [0.2, 0.25) is 0 Å². The molecule has 76 valence electrons. The minimum atomic E-state index is -0.0359. The molecule has 1 N–H and O–H groups in total. The van der Waals surface area contributed by atoms with Crippen LogP contribution in [-0.2, 0) is 0 Å². The number of benzene rings is 1. The molecule has 0 saturated heterocycles. The Bertz CT molecular complexity index is 540. The Morgan fingerprint density at radius 3 is 2.47 bits per heavy atom. The van der Waals surface area contributed by atoms with Gasteiger partial charge >= 0.3 is 0 Å². The van der Waals surface area contributed by atoms with Crippen molar-refractivity contribution in [3.63, 3.8) is 0 Å². The largest absolute Gasteiger partial charge is 0.329 e. The molecule has 2 rings (SSSR count). The molecule has 1 heterocycles. The van der Waals surface area contributed by atoms with Crippen LogP contribution in [0, 0.1) is 13.8 Å². The van der Waals surface area contributed by atoms with E-state index in [1.807, 2.05) is 31.2 Å². The van der Waals surface area contributed by atoms with Gasteiger partial charge in [-0.3, -0.25) is 4.79 Å². The summed E-state index contributed by atoms with van der Waals surface area (Å²) >= 11 is 0. The topological polar surface area (TPSA) is 32.9 Å². The highest BCUT2D eigenvalue weighted by Crippen LogP contribution is 2.21. The highest BCUT2D eigenvalue weighted by molar-refractivity contribution is 5.67. The molecule has 0 aliphatic rings. The van der Waals surface area contributed by atoms with Gasteiger partial charge in [-0.2, -0.15) is 0 Å². The van der Waals surface area contributed by atoms with E-state index in [0.29, 0.717) is 0 Å². The van der Waals surface area contributed by atoms with Gasteiger partial charge in [0.15, 0.2) is 0 Å². The van der Waals surface area contributed by atoms with Crippen molar-refractivity contribution in [2.75, 3.05) is 0 Å². The van der Waals surface area contributed by atoms with Gasteiger partial charge in [0.05, 0.1) is 0 Å². The molecular formula is C13H13NO. The van der Waals surface area contributed by atoms with Crippen LogP contribution in [0.5, 0.6) is 0 Å². The molecule has 2 heteroatoms. The van der Waals surface area contributed by atoms with Crippen molar-refractivity contribution in [3.05, 3.63) is 58.0 Å². The van der Waals surface area contributed by atoms with Crippen LogP contribution in [0.25, 0.3) is 11.1 Å². The summed E-state index contributed by atoms with van der Waals surface area (Å²) in [7, 11) is 0. The quantitative estimate of drug-likeness (QED) is 0.752. The van der Waals surface area contributed by atoms with Gasteiger partial charge in [-0.1, -0.05) is 18.2 Å². The lowest BCUT2D eigenvalue weighted by molar-refractivity contribution is 1.23. The molecule has 1 aromatic carbocycles. The van der Waals surface area contributed by atoms with Crippen LogP contribution in [0.1, 0.15) is 11.1 Å². The zero-order chi connectivity index (χ0) is 10.8. The van der Waals surface area contributed by atoms with Crippen molar-refractivity contribution in [3.8, 4) is 11.1 Å². The van der Waals surface area contributed by atoms with Crippen molar-refractivity contribution in [1.82, 2.24) is 4.98 Å². The Labute approximate surface area is 88.6 Å². The highest BCUT2D eigenvalue weighted by Gasteiger charge is 2.06. The lowest BCUT2D eigenvalue weighted by atomic mass is 9.98. The van der Waals surface area contributed by atoms with Crippen molar-refractivity contribution in [2.45, 2.75) is 13.8 Å². The minimum absolute atomic E-state index is 0.0359. The number of aromatic amines is 1. The van der Waals surface area contributed by atoms with Crippen LogP contribution < -0.4 is 5.56 Å². The normalized spacial score (nSPS) is 10.3. The maximum absolute atomic E-state index is 11.6. The molecule has 1 aromatic heterocycles. The molecule has 0 saturated carbocycles. The third kappa shape index (κ3) is 1.71. The second-order valence-corrected chi connectivity index (χ2v) is 3.66. The zero-order valence-electron chi connectivity index (χ0n) is 8.87. The number of aryl methyl sites for hydroxylation is 1. The fourth-order valence-corrected chi connectivity index (χ4v) is 1.68. The van der Waals surface area contributed by atoms with E-state index in [4.69, 9.17) is 0 Å². The third-order valence-corrected chi connectivity index (χ3v) is 2.71. The molecule has 0 radical (unpaired) electrons. The van der Waals surface area contributed by atoms with Crippen molar-refractivity contribution < 1.29 is 0 Å². The van der Waals surface area contributed by atoms with E-state index in [1.54, 1.807) is 6.20 Å². The average molecular weight is 199 g/mol. The smallest absolute Gasteiger partial charge is 0.255 e. The number of nitrogens with one attached hydrogen (secondary N) is 1. The van der Waals surface area contributed by atoms with Gasteiger partial charge in [0.2, 0.25) is 0 Å². The predicted octanol–water partition coefficient (Wildman–Crippen LogP) is 2.66. The van der Waals surface area contributed by atoms with Gasteiger partial charge in [0.25, 0.3) is 5.56 Å². The maximum Gasteiger partial charge on any atom is 0.255 e. The fraction of sp³-hybridized carbons (Fsp3) is 0.154. The summed E-state index contributed by atoms with van der Waals surface area (Å²) in [6.07, 6.45) is 1.65. The monoisotopic (exact) mass is 199 g/mol. The molecule has 0 amide bonds. The maximum atomic E-state index is 11.6. The molecule has 0 atom stereocenters. The Balaban J connectivity index is 2.70. The van der Waals surface area contributed by atoms with E-state index in [0.717, 1.165) is 16.7 Å². The van der Waals surface area contributed by atoms with E-state index in [2.05, 4.69) is 18.0 Å². The first-order valence-corrected chi connectivity index (χ1v) is 4.94. The van der Waals surface area contributed by atoms with Crippen LogP contribution in [0.4, 0.5) is 0 Å². The molecule has 2 aromatic rings. The van der Waals surface area contributed by atoms with Gasteiger partial charge in [-0.25, -0.2) is 0 Å². The molecule has 0 bridgehead atoms. The van der Waals surface area contributed by atoms with Crippen LogP contribution >= 0.6 is 0 Å². The molecule has 0 aliphatic heterocycles. The van der Waals surface area contributed by atoms with Crippen LogP contribution in [-0.4, -0.2) is 4.98 Å². The number of rotatable bonds is 1. The van der Waals surface area contributed by atoms with Gasteiger partial charge in [0.1, 0.15) is 0 Å². The van der Waals surface area contributed by atoms with E-state index in [1.165, 1.54) is 5.56 Å². The standard InChI is InChI=1S/C13H13NO/c1-9-5-3-6-11(10(9)2)12-7-4-8-14-13(12)15/h3-8H,1-2H3,(H,14,15). The first-order chi connectivity index (χ1) is 7.20. The molecule has 0 unspecified atom stereocenters. The summed E-state index contributed by atoms with van der Waals surface area (Å²) in [4.78, 5) is 14.3. The number of aromatic nitrogens is 1. The van der Waals surface area contributed by atoms with Crippen LogP contribution in [0.3, 0.4) is 0 Å². The molecule has 2 nitrogen and oxygen atoms in total. The number of H-pyrrole nitrogens is 1. The molecule has 15 heavy (non-hydrogen) atoms. The highest BCUT2D eigenvalue weighted by atomic mass is 16.1. The second kappa shape index (κ2) is 3.73. The van der Waals surface area contributed by atoms with Crippen molar-refractivity contribution in [2.24, 2.45) is 0 Å². The van der Waals surface area contributed by atoms with E-state index in [9.17, 15) is 4.79 Å². The third-order valence-electron chi connectivity index (χ3n) is 2.71. The molecular weight excluding hydrogens is 186 g/mol. The lowest BCUT2D eigenvalue weighted by Crippen LogP contribution is -2.07. The number of hydrogen-bond acceptors (Lipinski definition) is 1. The van der Waals surface area contributed by atoms with Gasteiger partial charge in [0, 0.05) is 11.8 Å². The zero-order valence-corrected chi connectivity index (χ0v) is 8.87. The molecule has 0 spiro atoms. The Morgan fingerprint density at radius 2 is 1.73 bits per heavy atom. The summed E-state index contributed by atoms with van der Waals surface area (Å²) in [6, 6.07) is 9.70. The molecule has 0 fully saturated rings. The van der Waals surface area contributed by atoms with Gasteiger partial charge in [-0.05, 0) is 42.7 Å². The summed E-state index contributed by atoms with van der Waals surface area (Å²) in [5.41, 5.74) is 4.08. The summed E-state index contributed by atoms with van der Waals surface area (Å²) in [6.45, 7) is 4.09. The summed E-state index contributed by atoms with van der Waals surface area (Å²) in [5, 5.41) is 0. The second-order valence-electron chi connectivity index (χ2n) is 3.66. The van der Waals surface area contributed by atoms with Gasteiger partial charge < -0.3 is 4.98 Å². The summed E-state index contributed by atoms with van der Waals surface area (Å²) in [5.74, 6) is 0. The predicted molar refractivity (Wildman–Crippen MR) is 62.0 cm³/mol. The Morgan fingerprint density at radius 1 is 1.00 bits per heavy atom. The van der Waals surface area contributed by atoms with E-state index < -0.39 is 0 Å². The first-order valence-electron chi connectivity index (χ1n) is 4.94. The Hall–Kier alpha value is -1.83. The molecule has 0 aliphatic carbocycles. The Kier molecular flexibility index (Phi) is 2.42. The van der Waals surface area contributed by atoms with Crippen molar-refractivity contribution >= 4 is 0 Å².